The number of ketones is 2. The molecular weight excluding hydrogens is 438 g/mol. The summed E-state index contributed by atoms with van der Waals surface area (Å²) in [5.41, 5.74) is 4.07. The molecule has 0 saturated heterocycles. The van der Waals surface area contributed by atoms with Gasteiger partial charge in [0.2, 0.25) is 5.78 Å². The van der Waals surface area contributed by atoms with Crippen LogP contribution in [0.2, 0.25) is 0 Å². The van der Waals surface area contributed by atoms with Gasteiger partial charge < -0.3 is 26.0 Å². The van der Waals surface area contributed by atoms with E-state index in [1.807, 2.05) is 36.9 Å². The van der Waals surface area contributed by atoms with Gasteiger partial charge in [0.15, 0.2) is 11.4 Å². The zero-order valence-corrected chi connectivity index (χ0v) is 19.8. The van der Waals surface area contributed by atoms with Crippen molar-refractivity contribution in [2.45, 2.75) is 38.3 Å². The number of aliphatic hydroxyl groups excluding tert-OH is 2. The predicted molar refractivity (Wildman–Crippen MR) is 126 cm³/mol. The largest absolute Gasteiger partial charge is 0.510 e. The maximum Gasteiger partial charge on any atom is 0.255 e. The zero-order valence-electron chi connectivity index (χ0n) is 19.8. The molecule has 0 heterocycles. The smallest absolute Gasteiger partial charge is 0.255 e. The number of primary amides is 1. The fourth-order valence-electron chi connectivity index (χ4n) is 6.02. The number of nitrogens with zero attached hydrogens (tertiary/aromatic N) is 2. The average Bonchev–Trinajstić information content (AvgIpc) is 2.76. The van der Waals surface area contributed by atoms with Crippen molar-refractivity contribution in [1.82, 2.24) is 4.90 Å². The molecular formula is C25H31N3O6. The van der Waals surface area contributed by atoms with Crippen LogP contribution < -0.4 is 10.6 Å². The second-order valence-corrected chi connectivity index (χ2v) is 9.45. The first-order valence-electron chi connectivity index (χ1n) is 11.5. The van der Waals surface area contributed by atoms with Crippen molar-refractivity contribution in [2.24, 2.45) is 17.6 Å². The summed E-state index contributed by atoms with van der Waals surface area (Å²) in [5.74, 6) is -5.54. The third-order valence-electron chi connectivity index (χ3n) is 7.56. The molecule has 3 aliphatic carbocycles. The number of Topliss-reactive ketones (excluding diaryl/α,β-unsaturated/α-hetero) is 2. The van der Waals surface area contributed by atoms with E-state index < -0.39 is 58.0 Å². The first-order valence-corrected chi connectivity index (χ1v) is 11.5. The van der Waals surface area contributed by atoms with Crippen LogP contribution in [0, 0.1) is 11.8 Å². The molecule has 9 heteroatoms. The molecule has 0 bridgehead atoms. The highest BCUT2D eigenvalue weighted by Gasteiger charge is 2.63. The van der Waals surface area contributed by atoms with Gasteiger partial charge in [0.05, 0.1) is 6.04 Å². The third kappa shape index (κ3) is 3.10. The van der Waals surface area contributed by atoms with Crippen molar-refractivity contribution in [3.8, 4) is 0 Å². The first kappa shape index (κ1) is 24.0. The Morgan fingerprint density at radius 1 is 1.18 bits per heavy atom. The lowest BCUT2D eigenvalue weighted by Gasteiger charge is -2.50. The molecule has 1 amide bonds. The van der Waals surface area contributed by atoms with Gasteiger partial charge in [0.25, 0.3) is 5.91 Å². The molecule has 2 unspecified atom stereocenters. The van der Waals surface area contributed by atoms with Crippen molar-refractivity contribution < 1.29 is 29.7 Å². The number of hydrogen-bond acceptors (Lipinski definition) is 8. The third-order valence-corrected chi connectivity index (χ3v) is 7.56. The molecule has 0 aromatic heterocycles. The van der Waals surface area contributed by atoms with Crippen LogP contribution in [0.1, 0.15) is 36.2 Å². The van der Waals surface area contributed by atoms with Crippen LogP contribution >= 0.6 is 0 Å². The topological polar surface area (TPSA) is 144 Å². The summed E-state index contributed by atoms with van der Waals surface area (Å²) in [4.78, 5) is 42.8. The summed E-state index contributed by atoms with van der Waals surface area (Å²) in [6.07, 6.45) is 0.588. The molecule has 5 N–H and O–H groups in total. The number of benzene rings is 1. The van der Waals surface area contributed by atoms with Gasteiger partial charge in [-0.15, -0.1) is 0 Å². The van der Waals surface area contributed by atoms with Gasteiger partial charge in [0.1, 0.15) is 17.1 Å². The van der Waals surface area contributed by atoms with Crippen LogP contribution in [-0.4, -0.2) is 76.5 Å². The lowest BCUT2D eigenvalue weighted by Crippen LogP contribution is -2.63. The Bertz CT molecular complexity index is 1150. The minimum atomic E-state index is -2.55. The normalized spacial score (nSPS) is 28.6. The average molecular weight is 470 g/mol. The summed E-state index contributed by atoms with van der Waals surface area (Å²) in [6.45, 7) is 5.32. The van der Waals surface area contributed by atoms with Crippen LogP contribution in [0.3, 0.4) is 0 Å². The van der Waals surface area contributed by atoms with E-state index in [0.717, 1.165) is 11.3 Å². The molecule has 9 nitrogen and oxygen atoms in total. The predicted octanol–water partition coefficient (Wildman–Crippen LogP) is 1.26. The number of rotatable bonds is 5. The van der Waals surface area contributed by atoms with Crippen LogP contribution in [-0.2, 0) is 16.0 Å². The van der Waals surface area contributed by atoms with E-state index in [-0.39, 0.29) is 12.0 Å². The SMILES string of the molecule is CCN(CC)c1cccc2c1C(=O)C1=C(O)[C@]3(O)C(=O)C(C(N)=O)=C(O)[C@@H](N(C)C)C3CC1C2. The molecule has 0 spiro atoms. The molecule has 34 heavy (non-hydrogen) atoms. The van der Waals surface area contributed by atoms with Gasteiger partial charge in [-0.3, -0.25) is 19.3 Å². The number of likely N-dealkylation sites (N-methyl/N-ethyl adjacent to an activating group) is 1. The molecule has 3 aliphatic rings. The monoisotopic (exact) mass is 469 g/mol. The molecule has 0 saturated carbocycles. The molecule has 1 aromatic rings. The Hall–Kier alpha value is -3.17. The number of carbonyl (C=O) groups is 3. The second kappa shape index (κ2) is 8.25. The Kier molecular flexibility index (Phi) is 5.81. The number of anilines is 1. The van der Waals surface area contributed by atoms with Gasteiger partial charge in [-0.2, -0.15) is 0 Å². The highest BCUT2D eigenvalue weighted by Crippen LogP contribution is 2.52. The Morgan fingerprint density at radius 2 is 1.82 bits per heavy atom. The van der Waals surface area contributed by atoms with Crippen molar-refractivity contribution in [2.75, 3.05) is 32.1 Å². The van der Waals surface area contributed by atoms with Crippen molar-refractivity contribution in [3.63, 3.8) is 0 Å². The Labute approximate surface area is 198 Å². The van der Waals surface area contributed by atoms with E-state index >= 15 is 0 Å². The maximum atomic E-state index is 13.8. The van der Waals surface area contributed by atoms with E-state index in [1.165, 1.54) is 0 Å². The summed E-state index contributed by atoms with van der Waals surface area (Å²) < 4.78 is 0. The van der Waals surface area contributed by atoms with Crippen molar-refractivity contribution in [1.29, 1.82) is 0 Å². The number of carbonyl (C=O) groups excluding carboxylic acids is 3. The lowest BCUT2D eigenvalue weighted by atomic mass is 9.58. The van der Waals surface area contributed by atoms with E-state index in [0.29, 0.717) is 25.1 Å². The standard InChI is InChI=1S/C25H31N3O6/c1-5-28(6-2)15-9-7-8-12-10-13-11-14-19(27(3)4)21(30)18(24(26)33)23(32)25(14,34)22(31)17(13)20(29)16(12)15/h7-9,13-14,19,30-31,34H,5-6,10-11H2,1-4H3,(H2,26,33)/t13?,14?,19-,25-/m0/s1. The van der Waals surface area contributed by atoms with Crippen LogP contribution in [0.25, 0.3) is 0 Å². The van der Waals surface area contributed by atoms with E-state index in [4.69, 9.17) is 5.73 Å². The van der Waals surface area contributed by atoms with Crippen LogP contribution in [0.5, 0.6) is 0 Å². The maximum absolute atomic E-state index is 13.8. The summed E-state index contributed by atoms with van der Waals surface area (Å²) in [7, 11) is 3.26. The minimum absolute atomic E-state index is 0.0121. The van der Waals surface area contributed by atoms with Crippen molar-refractivity contribution in [3.05, 3.63) is 52.0 Å². The number of nitrogens with two attached hydrogens (primary N) is 1. The molecule has 0 radical (unpaired) electrons. The second-order valence-electron chi connectivity index (χ2n) is 9.45. The quantitative estimate of drug-likeness (QED) is 0.472. The van der Waals surface area contributed by atoms with Gasteiger partial charge in [-0.25, -0.2) is 0 Å². The minimum Gasteiger partial charge on any atom is -0.510 e. The van der Waals surface area contributed by atoms with Crippen LogP contribution in [0.15, 0.2) is 40.9 Å². The van der Waals surface area contributed by atoms with Crippen molar-refractivity contribution >= 4 is 23.2 Å². The molecule has 0 fully saturated rings. The number of amides is 1. The number of fused-ring (bicyclic) bond motifs is 3. The number of hydrogen-bond donors (Lipinski definition) is 4. The Morgan fingerprint density at radius 3 is 2.38 bits per heavy atom. The van der Waals surface area contributed by atoms with Gasteiger partial charge in [-0.1, -0.05) is 12.1 Å². The summed E-state index contributed by atoms with van der Waals surface area (Å²) in [5, 5.41) is 33.8. The fourth-order valence-corrected chi connectivity index (χ4v) is 6.02. The molecule has 1 aromatic carbocycles. The summed E-state index contributed by atoms with van der Waals surface area (Å²) in [6, 6.07) is 4.68. The summed E-state index contributed by atoms with van der Waals surface area (Å²) >= 11 is 0. The number of aliphatic hydroxyl groups is 3. The molecule has 182 valence electrons. The fraction of sp³-hybridized carbons (Fsp3) is 0.480. The molecule has 4 atom stereocenters. The highest BCUT2D eigenvalue weighted by molar-refractivity contribution is 6.25. The van der Waals surface area contributed by atoms with Crippen LogP contribution in [0.4, 0.5) is 5.69 Å². The molecule has 0 aliphatic heterocycles. The van der Waals surface area contributed by atoms with E-state index in [9.17, 15) is 29.7 Å². The van der Waals surface area contributed by atoms with Gasteiger partial charge in [-0.05, 0) is 58.3 Å². The number of allylic oxidation sites excluding steroid dienone is 1. The highest BCUT2D eigenvalue weighted by atomic mass is 16.3. The first-order chi connectivity index (χ1) is 16.0. The Balaban J connectivity index is 1.94. The van der Waals surface area contributed by atoms with Gasteiger partial charge in [0, 0.05) is 35.8 Å². The zero-order chi connectivity index (χ0) is 25.1. The van der Waals surface area contributed by atoms with E-state index in [2.05, 4.69) is 0 Å². The van der Waals surface area contributed by atoms with Gasteiger partial charge >= 0.3 is 0 Å². The molecule has 4 rings (SSSR count). The lowest BCUT2D eigenvalue weighted by molar-refractivity contribution is -0.148. The van der Waals surface area contributed by atoms with E-state index in [1.54, 1.807) is 19.0 Å².